The topological polar surface area (TPSA) is 20.2 Å². The lowest BCUT2D eigenvalue weighted by atomic mass is 9.91. The molecule has 0 amide bonds. The molecular formula is C18H16O. The minimum absolute atomic E-state index is 0.445. The van der Waals surface area contributed by atoms with Crippen molar-refractivity contribution < 1.29 is 5.11 Å². The van der Waals surface area contributed by atoms with E-state index in [1.807, 2.05) is 0 Å². The van der Waals surface area contributed by atoms with Crippen LogP contribution in [0, 0.1) is 5.92 Å². The van der Waals surface area contributed by atoms with Crippen LogP contribution in [0.2, 0.25) is 0 Å². The molecule has 0 bridgehead atoms. The molecule has 2 aliphatic carbocycles. The van der Waals surface area contributed by atoms with Crippen molar-refractivity contribution in [2.24, 2.45) is 5.92 Å². The molecule has 0 fully saturated rings. The van der Waals surface area contributed by atoms with E-state index in [0.29, 0.717) is 18.1 Å². The maximum absolute atomic E-state index is 10.3. The fraction of sp³-hybridized carbons (Fsp3) is 0.222. The lowest BCUT2D eigenvalue weighted by Gasteiger charge is -2.13. The summed E-state index contributed by atoms with van der Waals surface area (Å²) >= 11 is 0. The van der Waals surface area contributed by atoms with Gasteiger partial charge in [-0.1, -0.05) is 48.5 Å². The van der Waals surface area contributed by atoms with Gasteiger partial charge in [0, 0.05) is 12.0 Å². The van der Waals surface area contributed by atoms with Gasteiger partial charge in [0.2, 0.25) is 0 Å². The van der Waals surface area contributed by atoms with E-state index in [0.717, 1.165) is 12.8 Å². The molecular weight excluding hydrogens is 232 g/mol. The second kappa shape index (κ2) is 3.99. The summed E-state index contributed by atoms with van der Waals surface area (Å²) in [6.45, 7) is 0. The lowest BCUT2D eigenvalue weighted by molar-refractivity contribution is 0.400. The average molecular weight is 248 g/mol. The highest BCUT2D eigenvalue weighted by Crippen LogP contribution is 2.42. The Balaban J connectivity index is 1.74. The molecule has 94 valence electrons. The van der Waals surface area contributed by atoms with Crippen LogP contribution >= 0.6 is 0 Å². The number of aliphatic hydroxyl groups excluding tert-OH is 1. The second-order valence-corrected chi connectivity index (χ2v) is 5.57. The third kappa shape index (κ3) is 1.61. The maximum atomic E-state index is 10.3. The van der Waals surface area contributed by atoms with E-state index in [1.54, 1.807) is 0 Å². The zero-order valence-corrected chi connectivity index (χ0v) is 10.8. The predicted molar refractivity (Wildman–Crippen MR) is 77.0 cm³/mol. The molecule has 0 atom stereocenters. The van der Waals surface area contributed by atoms with E-state index in [9.17, 15) is 5.11 Å². The Hall–Kier alpha value is -2.02. The summed E-state index contributed by atoms with van der Waals surface area (Å²) in [7, 11) is 0. The van der Waals surface area contributed by atoms with Crippen molar-refractivity contribution in [3.63, 3.8) is 0 Å². The summed E-state index contributed by atoms with van der Waals surface area (Å²) in [6, 6.07) is 17.0. The number of fused-ring (bicyclic) bond motifs is 2. The Bertz CT molecular complexity index is 657. The van der Waals surface area contributed by atoms with Crippen LogP contribution in [0.4, 0.5) is 0 Å². The van der Waals surface area contributed by atoms with Crippen LogP contribution in [0.25, 0.3) is 5.57 Å². The van der Waals surface area contributed by atoms with Crippen LogP contribution in [0.5, 0.6) is 0 Å². The molecule has 1 N–H and O–H groups in total. The summed E-state index contributed by atoms with van der Waals surface area (Å²) in [5, 5.41) is 10.3. The van der Waals surface area contributed by atoms with Crippen molar-refractivity contribution in [2.45, 2.75) is 19.3 Å². The number of allylic oxidation sites excluding steroid dienone is 2. The van der Waals surface area contributed by atoms with Crippen LogP contribution in [-0.2, 0) is 19.3 Å². The van der Waals surface area contributed by atoms with Gasteiger partial charge in [-0.15, -0.1) is 0 Å². The summed E-state index contributed by atoms with van der Waals surface area (Å²) in [6.07, 6.45) is 2.83. The van der Waals surface area contributed by atoms with E-state index in [-0.39, 0.29) is 0 Å². The molecule has 19 heavy (non-hydrogen) atoms. The van der Waals surface area contributed by atoms with Gasteiger partial charge in [-0.25, -0.2) is 0 Å². The first kappa shape index (κ1) is 10.9. The van der Waals surface area contributed by atoms with Crippen molar-refractivity contribution in [2.75, 3.05) is 0 Å². The molecule has 0 heterocycles. The van der Waals surface area contributed by atoms with Crippen molar-refractivity contribution in [1.82, 2.24) is 0 Å². The molecule has 4 rings (SSSR count). The van der Waals surface area contributed by atoms with Crippen molar-refractivity contribution in [1.29, 1.82) is 0 Å². The normalized spacial score (nSPS) is 17.7. The van der Waals surface area contributed by atoms with Gasteiger partial charge >= 0.3 is 0 Å². The molecule has 0 unspecified atom stereocenters. The van der Waals surface area contributed by atoms with Gasteiger partial charge < -0.3 is 5.11 Å². The monoisotopic (exact) mass is 248 g/mol. The Labute approximate surface area is 113 Å². The molecule has 1 nitrogen and oxygen atoms in total. The zero-order chi connectivity index (χ0) is 12.8. The maximum Gasteiger partial charge on any atom is 0.101 e. The fourth-order valence-corrected chi connectivity index (χ4v) is 3.59. The van der Waals surface area contributed by atoms with Crippen LogP contribution in [0.3, 0.4) is 0 Å². The zero-order valence-electron chi connectivity index (χ0n) is 10.8. The molecule has 2 aliphatic rings. The molecule has 2 aromatic carbocycles. The third-order valence-electron chi connectivity index (χ3n) is 4.44. The first-order valence-electron chi connectivity index (χ1n) is 6.90. The quantitative estimate of drug-likeness (QED) is 0.810. The first-order chi connectivity index (χ1) is 9.33. The van der Waals surface area contributed by atoms with Crippen molar-refractivity contribution >= 4 is 5.57 Å². The van der Waals surface area contributed by atoms with Gasteiger partial charge in [0.15, 0.2) is 0 Å². The van der Waals surface area contributed by atoms with Gasteiger partial charge in [-0.05, 0) is 41.0 Å². The summed E-state index contributed by atoms with van der Waals surface area (Å²) in [4.78, 5) is 0. The van der Waals surface area contributed by atoms with Crippen LogP contribution in [0.1, 0.15) is 22.3 Å². The third-order valence-corrected chi connectivity index (χ3v) is 4.44. The van der Waals surface area contributed by atoms with E-state index in [4.69, 9.17) is 0 Å². The number of benzene rings is 2. The highest BCUT2D eigenvalue weighted by molar-refractivity contribution is 5.77. The number of hydrogen-bond acceptors (Lipinski definition) is 1. The molecule has 0 radical (unpaired) electrons. The summed E-state index contributed by atoms with van der Waals surface area (Å²) in [5.41, 5.74) is 6.60. The van der Waals surface area contributed by atoms with Gasteiger partial charge in [-0.3, -0.25) is 0 Å². The lowest BCUT2D eigenvalue weighted by Crippen LogP contribution is -2.03. The smallest absolute Gasteiger partial charge is 0.101 e. The second-order valence-electron chi connectivity index (χ2n) is 5.57. The molecule has 0 aliphatic heterocycles. The minimum Gasteiger partial charge on any atom is -0.512 e. The van der Waals surface area contributed by atoms with Crippen molar-refractivity contribution in [3.8, 4) is 0 Å². The number of hydrogen-bond donors (Lipinski definition) is 1. The van der Waals surface area contributed by atoms with Crippen LogP contribution in [-0.4, -0.2) is 5.11 Å². The highest BCUT2D eigenvalue weighted by Gasteiger charge is 2.31. The highest BCUT2D eigenvalue weighted by atomic mass is 16.3. The standard InChI is InChI=1S/C18H16O/c19-17-11-14-7-3-4-8-16(14)18(17)15-9-12-5-1-2-6-13(12)10-15/h1-8,15,19H,9-11H2. The minimum atomic E-state index is 0.445. The average Bonchev–Trinajstić information content (AvgIpc) is 2.97. The van der Waals surface area contributed by atoms with Crippen molar-refractivity contribution in [3.05, 3.63) is 76.5 Å². The summed E-state index contributed by atoms with van der Waals surface area (Å²) in [5.74, 6) is 1.03. The Kier molecular flexibility index (Phi) is 2.28. The largest absolute Gasteiger partial charge is 0.512 e. The first-order valence-corrected chi connectivity index (χ1v) is 6.90. The van der Waals surface area contributed by atoms with Gasteiger partial charge in [0.05, 0.1) is 0 Å². The van der Waals surface area contributed by atoms with E-state index in [2.05, 4.69) is 48.5 Å². The molecule has 1 heteroatoms. The summed E-state index contributed by atoms with van der Waals surface area (Å²) < 4.78 is 0. The number of aliphatic hydroxyl groups is 1. The molecule has 2 aromatic rings. The molecule has 0 saturated carbocycles. The van der Waals surface area contributed by atoms with Crippen LogP contribution < -0.4 is 0 Å². The fourth-order valence-electron chi connectivity index (χ4n) is 3.59. The van der Waals surface area contributed by atoms with Gasteiger partial charge in [-0.2, -0.15) is 0 Å². The van der Waals surface area contributed by atoms with E-state index >= 15 is 0 Å². The number of rotatable bonds is 1. The molecule has 0 spiro atoms. The Morgan fingerprint density at radius 1 is 0.789 bits per heavy atom. The molecule has 0 saturated heterocycles. The Morgan fingerprint density at radius 3 is 2.05 bits per heavy atom. The predicted octanol–water partition coefficient (Wildman–Crippen LogP) is 3.93. The van der Waals surface area contributed by atoms with E-state index in [1.165, 1.54) is 27.8 Å². The van der Waals surface area contributed by atoms with Crippen LogP contribution in [0.15, 0.2) is 54.3 Å². The molecule has 0 aromatic heterocycles. The van der Waals surface area contributed by atoms with E-state index < -0.39 is 0 Å². The SMILES string of the molecule is OC1=C(C2Cc3ccccc3C2)c2ccccc2C1. The van der Waals surface area contributed by atoms with Gasteiger partial charge in [0.1, 0.15) is 5.76 Å². The van der Waals surface area contributed by atoms with Gasteiger partial charge in [0.25, 0.3) is 0 Å². The Morgan fingerprint density at radius 2 is 1.37 bits per heavy atom.